The first-order valence-electron chi connectivity index (χ1n) is 9.78. The molecule has 27 heavy (non-hydrogen) atoms. The third kappa shape index (κ3) is 4.14. The lowest BCUT2D eigenvalue weighted by Gasteiger charge is -2.23. The highest BCUT2D eigenvalue weighted by atomic mass is 15.3. The molecule has 0 bridgehead atoms. The average Bonchev–Trinajstić information content (AvgIpc) is 3.21. The van der Waals surface area contributed by atoms with E-state index in [2.05, 4.69) is 84.3 Å². The van der Waals surface area contributed by atoms with Crippen LogP contribution < -0.4 is 0 Å². The van der Waals surface area contributed by atoms with Gasteiger partial charge in [0.1, 0.15) is 0 Å². The molecule has 0 saturated carbocycles. The molecule has 0 saturated heterocycles. The Labute approximate surface area is 162 Å². The van der Waals surface area contributed by atoms with E-state index in [0.29, 0.717) is 0 Å². The zero-order chi connectivity index (χ0) is 19.4. The number of aromatic nitrogens is 4. The molecule has 0 spiro atoms. The molecule has 0 N–H and O–H groups in total. The lowest BCUT2D eigenvalue weighted by Crippen LogP contribution is -2.20. The van der Waals surface area contributed by atoms with Crippen LogP contribution in [-0.4, -0.2) is 44.9 Å². The van der Waals surface area contributed by atoms with Crippen molar-refractivity contribution >= 4 is 0 Å². The van der Waals surface area contributed by atoms with E-state index in [9.17, 15) is 0 Å². The van der Waals surface area contributed by atoms with Gasteiger partial charge in [0, 0.05) is 17.8 Å². The summed E-state index contributed by atoms with van der Waals surface area (Å²) >= 11 is 0. The van der Waals surface area contributed by atoms with Gasteiger partial charge in [-0.05, 0) is 52.9 Å². The van der Waals surface area contributed by atoms with E-state index in [1.807, 2.05) is 12.5 Å². The fourth-order valence-corrected chi connectivity index (χ4v) is 3.77. The number of hydrogen-bond acceptors (Lipinski definition) is 3. The molecule has 0 amide bonds. The minimum atomic E-state index is 0.249. The molecule has 5 nitrogen and oxygen atoms in total. The second-order valence-corrected chi connectivity index (χ2v) is 7.47. The quantitative estimate of drug-likeness (QED) is 0.597. The van der Waals surface area contributed by atoms with E-state index < -0.39 is 0 Å². The van der Waals surface area contributed by atoms with Gasteiger partial charge in [-0.1, -0.05) is 37.3 Å². The van der Waals surface area contributed by atoms with Crippen LogP contribution in [0, 0.1) is 13.8 Å². The van der Waals surface area contributed by atoms with Crippen molar-refractivity contribution in [3.63, 3.8) is 0 Å². The number of rotatable bonds is 8. The molecule has 0 radical (unpaired) electrons. The molecule has 144 valence electrons. The Morgan fingerprint density at radius 3 is 2.52 bits per heavy atom. The van der Waals surface area contributed by atoms with Crippen molar-refractivity contribution in [2.24, 2.45) is 0 Å². The Morgan fingerprint density at radius 1 is 1.11 bits per heavy atom. The number of nitrogens with zero attached hydrogens (tertiary/aromatic N) is 5. The summed E-state index contributed by atoms with van der Waals surface area (Å²) in [4.78, 5) is 6.76. The molecular formula is C22H31N5. The van der Waals surface area contributed by atoms with Crippen LogP contribution in [-0.2, 0) is 6.54 Å². The lowest BCUT2D eigenvalue weighted by molar-refractivity contribution is 0.367. The summed E-state index contributed by atoms with van der Waals surface area (Å²) < 4.78 is 4.45. The van der Waals surface area contributed by atoms with Gasteiger partial charge in [-0.15, -0.1) is 0 Å². The van der Waals surface area contributed by atoms with Crippen LogP contribution in [0.25, 0.3) is 11.3 Å². The molecule has 0 aliphatic carbocycles. The number of imidazole rings is 1. The molecule has 0 unspecified atom stereocenters. The first-order chi connectivity index (χ1) is 13.0. The first-order valence-corrected chi connectivity index (χ1v) is 9.78. The minimum Gasteiger partial charge on any atom is -0.323 e. The highest BCUT2D eigenvalue weighted by molar-refractivity contribution is 5.65. The van der Waals surface area contributed by atoms with E-state index in [4.69, 9.17) is 5.10 Å². The van der Waals surface area contributed by atoms with Crippen molar-refractivity contribution in [1.29, 1.82) is 0 Å². The number of hydrogen-bond donors (Lipinski definition) is 0. The van der Waals surface area contributed by atoms with Crippen molar-refractivity contribution in [3.8, 4) is 11.3 Å². The molecule has 3 aromatic rings. The predicted molar refractivity (Wildman–Crippen MR) is 111 cm³/mol. The van der Waals surface area contributed by atoms with Crippen LogP contribution in [0.3, 0.4) is 0 Å². The zero-order valence-electron chi connectivity index (χ0n) is 17.2. The summed E-state index contributed by atoms with van der Waals surface area (Å²) in [6, 6.07) is 11.0. The molecule has 1 atom stereocenters. The molecular weight excluding hydrogens is 334 g/mol. The second-order valence-electron chi connectivity index (χ2n) is 7.47. The van der Waals surface area contributed by atoms with Crippen molar-refractivity contribution in [2.75, 3.05) is 20.6 Å². The Kier molecular flexibility index (Phi) is 6.11. The maximum absolute atomic E-state index is 4.77. The van der Waals surface area contributed by atoms with Gasteiger partial charge in [0.25, 0.3) is 0 Å². The standard InChI is InChI=1S/C22H31N5/c1-6-13-27-18(3)22(17(2)24-27)21-15-23-16-26(21)20(12-14-25(4)5)19-10-8-7-9-11-19/h7-11,15-16,20H,6,12-14H2,1-5H3/t20-/m0/s1. The molecule has 0 aliphatic heterocycles. The van der Waals surface area contributed by atoms with Gasteiger partial charge in [-0.2, -0.15) is 5.10 Å². The minimum absolute atomic E-state index is 0.249. The fraction of sp³-hybridized carbons (Fsp3) is 0.455. The van der Waals surface area contributed by atoms with Crippen molar-refractivity contribution in [1.82, 2.24) is 24.2 Å². The highest BCUT2D eigenvalue weighted by Gasteiger charge is 2.22. The van der Waals surface area contributed by atoms with Crippen LogP contribution in [0.5, 0.6) is 0 Å². The van der Waals surface area contributed by atoms with Crippen molar-refractivity contribution in [2.45, 2.75) is 46.2 Å². The van der Waals surface area contributed by atoms with Gasteiger partial charge < -0.3 is 9.47 Å². The molecule has 0 fully saturated rings. The van der Waals surface area contributed by atoms with Gasteiger partial charge in [-0.25, -0.2) is 4.98 Å². The third-order valence-electron chi connectivity index (χ3n) is 5.11. The topological polar surface area (TPSA) is 38.9 Å². The third-order valence-corrected chi connectivity index (χ3v) is 5.11. The average molecular weight is 366 g/mol. The molecule has 2 aromatic heterocycles. The summed E-state index contributed by atoms with van der Waals surface area (Å²) in [5, 5.41) is 4.77. The van der Waals surface area contributed by atoms with Gasteiger partial charge in [-0.3, -0.25) is 4.68 Å². The van der Waals surface area contributed by atoms with Crippen LogP contribution in [0.2, 0.25) is 0 Å². The van der Waals surface area contributed by atoms with Crippen molar-refractivity contribution < 1.29 is 0 Å². The monoisotopic (exact) mass is 365 g/mol. The van der Waals surface area contributed by atoms with Crippen molar-refractivity contribution in [3.05, 3.63) is 59.8 Å². The maximum Gasteiger partial charge on any atom is 0.0956 e. The Bertz CT molecular complexity index is 860. The number of aryl methyl sites for hydroxylation is 2. The first kappa shape index (κ1) is 19.4. The van der Waals surface area contributed by atoms with E-state index in [1.54, 1.807) is 0 Å². The summed E-state index contributed by atoms with van der Waals surface area (Å²) in [6.07, 6.45) is 6.06. The fourth-order valence-electron chi connectivity index (χ4n) is 3.77. The van der Waals surface area contributed by atoms with Crippen LogP contribution in [0.1, 0.15) is 42.8 Å². The van der Waals surface area contributed by atoms with Gasteiger partial charge in [0.15, 0.2) is 0 Å². The van der Waals surface area contributed by atoms with E-state index in [0.717, 1.165) is 37.3 Å². The molecule has 3 rings (SSSR count). The molecule has 2 heterocycles. The SMILES string of the molecule is CCCn1nc(C)c(-c2cncn2[C@@H](CCN(C)C)c2ccccc2)c1C. The zero-order valence-corrected chi connectivity index (χ0v) is 17.2. The Hall–Kier alpha value is -2.40. The largest absolute Gasteiger partial charge is 0.323 e. The van der Waals surface area contributed by atoms with E-state index in [1.165, 1.54) is 16.8 Å². The molecule has 0 aliphatic rings. The smallest absolute Gasteiger partial charge is 0.0956 e. The normalized spacial score (nSPS) is 12.7. The summed E-state index contributed by atoms with van der Waals surface area (Å²) in [5.74, 6) is 0. The summed E-state index contributed by atoms with van der Waals surface area (Å²) in [5.41, 5.74) is 5.97. The van der Waals surface area contributed by atoms with Gasteiger partial charge in [0.05, 0.1) is 30.0 Å². The van der Waals surface area contributed by atoms with Crippen LogP contribution in [0.15, 0.2) is 42.9 Å². The van der Waals surface area contributed by atoms with Gasteiger partial charge >= 0.3 is 0 Å². The van der Waals surface area contributed by atoms with Gasteiger partial charge in [0.2, 0.25) is 0 Å². The summed E-state index contributed by atoms with van der Waals surface area (Å²) in [6.45, 7) is 8.42. The van der Waals surface area contributed by atoms with E-state index >= 15 is 0 Å². The van der Waals surface area contributed by atoms with Crippen LogP contribution >= 0.6 is 0 Å². The summed E-state index contributed by atoms with van der Waals surface area (Å²) in [7, 11) is 4.25. The molecule has 5 heteroatoms. The Balaban J connectivity index is 2.06. The maximum atomic E-state index is 4.77. The second kappa shape index (κ2) is 8.53. The highest BCUT2D eigenvalue weighted by Crippen LogP contribution is 2.32. The van der Waals surface area contributed by atoms with E-state index in [-0.39, 0.29) is 6.04 Å². The van der Waals surface area contributed by atoms with Crippen LogP contribution in [0.4, 0.5) is 0 Å². The lowest BCUT2D eigenvalue weighted by atomic mass is 10.0. The molecule has 1 aromatic carbocycles. The number of benzene rings is 1. The Morgan fingerprint density at radius 2 is 1.85 bits per heavy atom. The predicted octanol–water partition coefficient (Wildman–Crippen LogP) is 4.31.